The van der Waals surface area contributed by atoms with Crippen LogP contribution in [0.2, 0.25) is 0 Å². The highest BCUT2D eigenvalue weighted by atomic mass is 16.3. The number of aromatic nitrogens is 4. The lowest BCUT2D eigenvalue weighted by atomic mass is 9.92. The molecule has 0 unspecified atom stereocenters. The molecule has 0 aliphatic heterocycles. The fourth-order valence-corrected chi connectivity index (χ4v) is 4.03. The van der Waals surface area contributed by atoms with E-state index >= 15 is 0 Å². The van der Waals surface area contributed by atoms with Gasteiger partial charge in [0, 0.05) is 22.9 Å². The Bertz CT molecular complexity index is 917. The van der Waals surface area contributed by atoms with Gasteiger partial charge in [0.2, 0.25) is 0 Å². The molecule has 0 atom stereocenters. The second-order valence-electron chi connectivity index (χ2n) is 7.29. The lowest BCUT2D eigenvalue weighted by Gasteiger charge is -2.28. The van der Waals surface area contributed by atoms with Crippen LogP contribution in [0.25, 0.3) is 22.5 Å². The van der Waals surface area contributed by atoms with Gasteiger partial charge in [-0.25, -0.2) is 4.98 Å². The molecule has 0 spiro atoms. The maximum atomic E-state index is 9.90. The summed E-state index contributed by atoms with van der Waals surface area (Å²) in [5.41, 5.74) is 5.44. The Morgan fingerprint density at radius 1 is 1.19 bits per heavy atom. The summed E-state index contributed by atoms with van der Waals surface area (Å²) in [6, 6.07) is 10.7. The molecule has 0 saturated heterocycles. The average Bonchev–Trinajstić information content (AvgIpc) is 3.27. The fraction of sp³-hybridized carbons (Fsp3) is 0.364. The first-order chi connectivity index (χ1) is 13.2. The standard InChI is InChI=1S/C22H26N4O/c1-3-13-26-16(2)20(14-24-26)22-21(17-7-5-4-6-8-17)23-15-25(22)18-9-11-19(27)12-10-18/h3-8,14-15,18-19,27H,1,9-13H2,2H3. The molecule has 27 heavy (non-hydrogen) atoms. The summed E-state index contributed by atoms with van der Waals surface area (Å²) in [4.78, 5) is 4.80. The summed E-state index contributed by atoms with van der Waals surface area (Å²) in [5, 5.41) is 14.5. The van der Waals surface area contributed by atoms with Crippen molar-refractivity contribution in [3.05, 3.63) is 61.2 Å². The molecule has 140 valence electrons. The molecule has 5 nitrogen and oxygen atoms in total. The molecule has 1 aliphatic carbocycles. The molecule has 2 aromatic heterocycles. The van der Waals surface area contributed by atoms with Crippen LogP contribution in [0.15, 0.2) is 55.5 Å². The molecule has 0 bridgehead atoms. The van der Waals surface area contributed by atoms with Gasteiger partial charge in [-0.2, -0.15) is 5.10 Å². The third kappa shape index (κ3) is 3.35. The lowest BCUT2D eigenvalue weighted by molar-refractivity contribution is 0.111. The van der Waals surface area contributed by atoms with Gasteiger partial charge in [-0.3, -0.25) is 4.68 Å². The van der Waals surface area contributed by atoms with Gasteiger partial charge >= 0.3 is 0 Å². The van der Waals surface area contributed by atoms with Crippen LogP contribution in [0.4, 0.5) is 0 Å². The summed E-state index contributed by atoms with van der Waals surface area (Å²) < 4.78 is 4.27. The largest absolute Gasteiger partial charge is 0.393 e. The van der Waals surface area contributed by atoms with Crippen molar-refractivity contribution in [3.63, 3.8) is 0 Å². The Morgan fingerprint density at radius 3 is 2.63 bits per heavy atom. The zero-order valence-corrected chi connectivity index (χ0v) is 15.8. The maximum absolute atomic E-state index is 9.90. The summed E-state index contributed by atoms with van der Waals surface area (Å²) in [6.07, 6.45) is 9.23. The number of benzene rings is 1. The van der Waals surface area contributed by atoms with Crippen LogP contribution in [-0.4, -0.2) is 30.5 Å². The van der Waals surface area contributed by atoms with Crippen LogP contribution in [0.1, 0.15) is 37.4 Å². The van der Waals surface area contributed by atoms with E-state index in [1.165, 1.54) is 0 Å². The highest BCUT2D eigenvalue weighted by Gasteiger charge is 2.26. The van der Waals surface area contributed by atoms with Crippen LogP contribution in [0.5, 0.6) is 0 Å². The Balaban J connectivity index is 1.84. The predicted molar refractivity (Wildman–Crippen MR) is 107 cm³/mol. The van der Waals surface area contributed by atoms with Crippen molar-refractivity contribution in [2.24, 2.45) is 0 Å². The van der Waals surface area contributed by atoms with Gasteiger partial charge in [0.25, 0.3) is 0 Å². The molecule has 1 aliphatic rings. The molecule has 4 rings (SSSR count). The first-order valence-electron chi connectivity index (χ1n) is 9.63. The predicted octanol–water partition coefficient (Wildman–Crippen LogP) is 4.38. The summed E-state index contributed by atoms with van der Waals surface area (Å²) in [7, 11) is 0. The van der Waals surface area contributed by atoms with E-state index in [2.05, 4.69) is 35.3 Å². The quantitative estimate of drug-likeness (QED) is 0.685. The SMILES string of the molecule is C=CCn1ncc(-c2c(-c3ccccc3)ncn2C2CCC(O)CC2)c1C. The monoisotopic (exact) mass is 362 g/mol. The highest BCUT2D eigenvalue weighted by molar-refractivity contribution is 5.79. The van der Waals surface area contributed by atoms with Crippen molar-refractivity contribution in [2.45, 2.75) is 51.3 Å². The molecular weight excluding hydrogens is 336 g/mol. The minimum atomic E-state index is -0.168. The molecule has 2 heterocycles. The Morgan fingerprint density at radius 2 is 1.93 bits per heavy atom. The van der Waals surface area contributed by atoms with E-state index < -0.39 is 0 Å². The van der Waals surface area contributed by atoms with Gasteiger partial charge in [0.15, 0.2) is 0 Å². The van der Waals surface area contributed by atoms with E-state index in [0.717, 1.165) is 53.9 Å². The van der Waals surface area contributed by atoms with Crippen LogP contribution in [0, 0.1) is 6.92 Å². The van der Waals surface area contributed by atoms with Crippen molar-refractivity contribution >= 4 is 0 Å². The van der Waals surface area contributed by atoms with E-state index in [0.29, 0.717) is 12.6 Å². The molecule has 1 saturated carbocycles. The van der Waals surface area contributed by atoms with Crippen LogP contribution in [0.3, 0.4) is 0 Å². The van der Waals surface area contributed by atoms with Gasteiger partial charge in [0.05, 0.1) is 36.6 Å². The van der Waals surface area contributed by atoms with E-state index in [9.17, 15) is 5.11 Å². The Hall–Kier alpha value is -2.66. The van der Waals surface area contributed by atoms with E-state index in [1.54, 1.807) is 0 Å². The molecule has 1 aromatic carbocycles. The van der Waals surface area contributed by atoms with Gasteiger partial charge < -0.3 is 9.67 Å². The number of rotatable bonds is 5. The smallest absolute Gasteiger partial charge is 0.0964 e. The van der Waals surface area contributed by atoms with Gasteiger partial charge in [-0.1, -0.05) is 36.4 Å². The zero-order chi connectivity index (χ0) is 18.8. The number of aliphatic hydroxyl groups excluding tert-OH is 1. The third-order valence-corrected chi connectivity index (χ3v) is 5.56. The van der Waals surface area contributed by atoms with Crippen LogP contribution >= 0.6 is 0 Å². The number of hydrogen-bond acceptors (Lipinski definition) is 3. The highest BCUT2D eigenvalue weighted by Crippen LogP contribution is 2.38. The lowest BCUT2D eigenvalue weighted by Crippen LogP contribution is -2.21. The van der Waals surface area contributed by atoms with Crippen molar-refractivity contribution in [3.8, 4) is 22.5 Å². The Kier molecular flexibility index (Phi) is 4.94. The van der Waals surface area contributed by atoms with Crippen LogP contribution in [-0.2, 0) is 6.54 Å². The van der Waals surface area contributed by atoms with E-state index in [1.807, 2.05) is 41.5 Å². The van der Waals surface area contributed by atoms with Crippen molar-refractivity contribution in [1.82, 2.24) is 19.3 Å². The average molecular weight is 362 g/mol. The first kappa shape index (κ1) is 17.7. The number of hydrogen-bond donors (Lipinski definition) is 1. The third-order valence-electron chi connectivity index (χ3n) is 5.56. The second-order valence-corrected chi connectivity index (χ2v) is 7.29. The van der Waals surface area contributed by atoms with Crippen LogP contribution < -0.4 is 0 Å². The number of imidazole rings is 1. The molecule has 0 radical (unpaired) electrons. The normalized spacial score (nSPS) is 19.9. The van der Waals surface area contributed by atoms with Gasteiger partial charge in [0.1, 0.15) is 0 Å². The number of aliphatic hydroxyl groups is 1. The summed E-state index contributed by atoms with van der Waals surface area (Å²) in [5.74, 6) is 0. The summed E-state index contributed by atoms with van der Waals surface area (Å²) in [6.45, 7) is 6.62. The summed E-state index contributed by atoms with van der Waals surface area (Å²) >= 11 is 0. The van der Waals surface area contributed by atoms with Gasteiger partial charge in [-0.15, -0.1) is 6.58 Å². The molecule has 1 N–H and O–H groups in total. The topological polar surface area (TPSA) is 55.9 Å². The van der Waals surface area contributed by atoms with Crippen molar-refractivity contribution < 1.29 is 5.11 Å². The minimum absolute atomic E-state index is 0.168. The van der Waals surface area contributed by atoms with E-state index in [4.69, 9.17) is 4.98 Å². The molecule has 5 heteroatoms. The molecule has 0 amide bonds. The van der Waals surface area contributed by atoms with Crippen molar-refractivity contribution in [2.75, 3.05) is 0 Å². The second kappa shape index (κ2) is 7.53. The number of nitrogens with zero attached hydrogens (tertiary/aromatic N) is 4. The molecule has 3 aromatic rings. The first-order valence-corrected chi connectivity index (χ1v) is 9.63. The zero-order valence-electron chi connectivity index (χ0n) is 15.8. The van der Waals surface area contributed by atoms with Gasteiger partial charge in [-0.05, 0) is 32.6 Å². The Labute approximate surface area is 160 Å². The van der Waals surface area contributed by atoms with E-state index in [-0.39, 0.29) is 6.10 Å². The molecule has 1 fully saturated rings. The fourth-order valence-electron chi connectivity index (χ4n) is 4.03. The van der Waals surface area contributed by atoms with Crippen molar-refractivity contribution in [1.29, 1.82) is 0 Å². The number of allylic oxidation sites excluding steroid dienone is 1. The maximum Gasteiger partial charge on any atom is 0.0964 e. The molecular formula is C22H26N4O. The minimum Gasteiger partial charge on any atom is -0.393 e.